The maximum atomic E-state index is 13.9. The second-order valence-electron chi connectivity index (χ2n) is 4.82. The average molecular weight is 277 g/mol. The van der Waals surface area contributed by atoms with Crippen LogP contribution in [-0.4, -0.2) is 6.29 Å². The van der Waals surface area contributed by atoms with E-state index in [0.717, 1.165) is 11.8 Å². The lowest BCUT2D eigenvalue weighted by Crippen LogP contribution is -2.28. The third-order valence-corrected chi connectivity index (χ3v) is 3.49. The Morgan fingerprint density at radius 1 is 1.16 bits per heavy atom. The SMILES string of the molecule is CC(C=O)(Cc1ccc(Cl)cc1)c1ccccc1F. The zero-order valence-corrected chi connectivity index (χ0v) is 11.3. The van der Waals surface area contributed by atoms with Crippen LogP contribution in [0.3, 0.4) is 0 Å². The van der Waals surface area contributed by atoms with Gasteiger partial charge in [0.25, 0.3) is 0 Å². The van der Waals surface area contributed by atoms with Crippen molar-refractivity contribution >= 4 is 17.9 Å². The van der Waals surface area contributed by atoms with Gasteiger partial charge in [-0.2, -0.15) is 0 Å². The molecule has 19 heavy (non-hydrogen) atoms. The summed E-state index contributed by atoms with van der Waals surface area (Å²) in [5.74, 6) is -0.355. The first-order chi connectivity index (χ1) is 9.05. The summed E-state index contributed by atoms with van der Waals surface area (Å²) in [5.41, 5.74) is 0.487. The summed E-state index contributed by atoms with van der Waals surface area (Å²) in [6.45, 7) is 1.74. The summed E-state index contributed by atoms with van der Waals surface area (Å²) >= 11 is 5.83. The monoisotopic (exact) mass is 276 g/mol. The molecule has 0 amide bonds. The first-order valence-corrected chi connectivity index (χ1v) is 6.39. The molecular formula is C16H14ClFO. The van der Waals surface area contributed by atoms with Crippen molar-refractivity contribution in [3.8, 4) is 0 Å². The molecule has 0 saturated carbocycles. The van der Waals surface area contributed by atoms with Gasteiger partial charge in [0, 0.05) is 10.6 Å². The first-order valence-electron chi connectivity index (χ1n) is 6.01. The Kier molecular flexibility index (Phi) is 4.01. The molecule has 0 aliphatic heterocycles. The maximum Gasteiger partial charge on any atom is 0.130 e. The normalized spacial score (nSPS) is 13.8. The van der Waals surface area contributed by atoms with Crippen molar-refractivity contribution in [3.63, 3.8) is 0 Å². The van der Waals surface area contributed by atoms with E-state index >= 15 is 0 Å². The van der Waals surface area contributed by atoms with Crippen LogP contribution in [0.15, 0.2) is 48.5 Å². The maximum absolute atomic E-state index is 13.9. The first kappa shape index (κ1) is 13.8. The van der Waals surface area contributed by atoms with Crippen molar-refractivity contribution in [2.24, 2.45) is 0 Å². The van der Waals surface area contributed by atoms with E-state index in [1.165, 1.54) is 6.07 Å². The number of halogens is 2. The summed E-state index contributed by atoms with van der Waals surface area (Å²) in [5, 5.41) is 0.641. The fourth-order valence-corrected chi connectivity index (χ4v) is 2.28. The zero-order chi connectivity index (χ0) is 13.9. The fraction of sp³-hybridized carbons (Fsp3) is 0.188. The summed E-state index contributed by atoms with van der Waals surface area (Å²) in [7, 11) is 0. The fourth-order valence-electron chi connectivity index (χ4n) is 2.15. The van der Waals surface area contributed by atoms with Crippen molar-refractivity contribution in [3.05, 3.63) is 70.5 Å². The molecule has 0 bridgehead atoms. The number of carbonyl (C=O) groups is 1. The predicted octanol–water partition coefficient (Wildman–Crippen LogP) is 4.18. The standard InChI is InChI=1S/C16H14ClFO/c1-16(11-19,14-4-2-3-5-15(14)18)10-12-6-8-13(17)9-7-12/h2-9,11H,10H2,1H3. The second kappa shape index (κ2) is 5.54. The van der Waals surface area contributed by atoms with Gasteiger partial charge in [0.05, 0.1) is 5.41 Å². The molecule has 0 spiro atoms. The lowest BCUT2D eigenvalue weighted by Gasteiger charge is -2.24. The van der Waals surface area contributed by atoms with Crippen molar-refractivity contribution in [1.82, 2.24) is 0 Å². The van der Waals surface area contributed by atoms with E-state index in [-0.39, 0.29) is 5.82 Å². The van der Waals surface area contributed by atoms with Gasteiger partial charge in [-0.25, -0.2) is 4.39 Å². The molecule has 0 saturated heterocycles. The number of carbonyl (C=O) groups excluding carboxylic acids is 1. The van der Waals surface area contributed by atoms with Crippen LogP contribution in [0.25, 0.3) is 0 Å². The molecule has 0 radical (unpaired) electrons. The van der Waals surface area contributed by atoms with Gasteiger partial charge in [0.2, 0.25) is 0 Å². The van der Waals surface area contributed by atoms with Crippen LogP contribution in [0.5, 0.6) is 0 Å². The summed E-state index contributed by atoms with van der Waals surface area (Å²) < 4.78 is 13.9. The minimum atomic E-state index is -0.876. The van der Waals surface area contributed by atoms with Gasteiger partial charge >= 0.3 is 0 Å². The Hall–Kier alpha value is -1.67. The summed E-state index contributed by atoms with van der Waals surface area (Å²) in [4.78, 5) is 11.5. The van der Waals surface area contributed by atoms with E-state index in [0.29, 0.717) is 17.0 Å². The molecule has 2 aromatic carbocycles. The van der Waals surface area contributed by atoms with Crippen LogP contribution in [0, 0.1) is 5.82 Å². The molecule has 0 fully saturated rings. The predicted molar refractivity (Wildman–Crippen MR) is 75.0 cm³/mol. The Labute approximate surface area is 117 Å². The molecule has 1 unspecified atom stereocenters. The van der Waals surface area contributed by atoms with Crippen molar-refractivity contribution < 1.29 is 9.18 Å². The van der Waals surface area contributed by atoms with Gasteiger partial charge in [0.15, 0.2) is 0 Å². The van der Waals surface area contributed by atoms with Crippen molar-refractivity contribution in [1.29, 1.82) is 0 Å². The molecule has 98 valence electrons. The summed E-state index contributed by atoms with van der Waals surface area (Å²) in [6, 6.07) is 13.6. The van der Waals surface area contributed by atoms with Crippen molar-refractivity contribution in [2.45, 2.75) is 18.8 Å². The number of hydrogen-bond acceptors (Lipinski definition) is 1. The molecule has 1 atom stereocenters. The Morgan fingerprint density at radius 3 is 2.37 bits per heavy atom. The van der Waals surface area contributed by atoms with Crippen LogP contribution >= 0.6 is 11.6 Å². The van der Waals surface area contributed by atoms with Gasteiger partial charge < -0.3 is 4.79 Å². The minimum Gasteiger partial charge on any atom is -0.302 e. The van der Waals surface area contributed by atoms with E-state index < -0.39 is 5.41 Å². The third kappa shape index (κ3) is 3.02. The lowest BCUT2D eigenvalue weighted by atomic mass is 9.78. The average Bonchev–Trinajstić information content (AvgIpc) is 2.42. The van der Waals surface area contributed by atoms with E-state index in [9.17, 15) is 9.18 Å². The van der Waals surface area contributed by atoms with E-state index in [1.54, 1.807) is 37.3 Å². The molecule has 0 aliphatic carbocycles. The number of rotatable bonds is 4. The van der Waals surface area contributed by atoms with Crippen LogP contribution in [-0.2, 0) is 16.6 Å². The Bertz CT molecular complexity index is 580. The highest BCUT2D eigenvalue weighted by Gasteiger charge is 2.29. The largest absolute Gasteiger partial charge is 0.302 e. The molecule has 0 N–H and O–H groups in total. The number of hydrogen-bond donors (Lipinski definition) is 0. The Morgan fingerprint density at radius 2 is 1.79 bits per heavy atom. The molecule has 3 heteroatoms. The van der Waals surface area contributed by atoms with Crippen LogP contribution in [0.4, 0.5) is 4.39 Å². The topological polar surface area (TPSA) is 17.1 Å². The molecule has 0 heterocycles. The second-order valence-corrected chi connectivity index (χ2v) is 5.25. The molecule has 2 aromatic rings. The molecule has 0 aromatic heterocycles. The van der Waals surface area contributed by atoms with E-state index in [2.05, 4.69) is 0 Å². The lowest BCUT2D eigenvalue weighted by molar-refractivity contribution is -0.112. The third-order valence-electron chi connectivity index (χ3n) is 3.23. The van der Waals surface area contributed by atoms with E-state index in [4.69, 9.17) is 11.6 Å². The zero-order valence-electron chi connectivity index (χ0n) is 10.6. The highest BCUT2D eigenvalue weighted by atomic mass is 35.5. The van der Waals surface area contributed by atoms with Gasteiger partial charge in [-0.1, -0.05) is 41.9 Å². The van der Waals surface area contributed by atoms with Crippen LogP contribution < -0.4 is 0 Å². The van der Waals surface area contributed by atoms with Crippen molar-refractivity contribution in [2.75, 3.05) is 0 Å². The van der Waals surface area contributed by atoms with Gasteiger partial charge in [-0.05, 0) is 37.1 Å². The minimum absolute atomic E-state index is 0.355. The molecule has 0 aliphatic rings. The van der Waals surface area contributed by atoms with Gasteiger partial charge in [-0.15, -0.1) is 0 Å². The highest BCUT2D eigenvalue weighted by molar-refractivity contribution is 6.30. The van der Waals surface area contributed by atoms with Crippen LogP contribution in [0.1, 0.15) is 18.1 Å². The highest BCUT2D eigenvalue weighted by Crippen LogP contribution is 2.28. The molecular weight excluding hydrogens is 263 g/mol. The quantitative estimate of drug-likeness (QED) is 0.766. The smallest absolute Gasteiger partial charge is 0.130 e. The molecule has 1 nitrogen and oxygen atoms in total. The number of aldehydes is 1. The summed E-state index contributed by atoms with van der Waals surface area (Å²) in [6.07, 6.45) is 1.24. The van der Waals surface area contributed by atoms with E-state index in [1.807, 2.05) is 12.1 Å². The van der Waals surface area contributed by atoms with Crippen LogP contribution in [0.2, 0.25) is 5.02 Å². The van der Waals surface area contributed by atoms with Gasteiger partial charge in [0.1, 0.15) is 12.1 Å². The number of benzene rings is 2. The molecule has 2 rings (SSSR count). The Balaban J connectivity index is 2.35. The van der Waals surface area contributed by atoms with Gasteiger partial charge in [-0.3, -0.25) is 0 Å².